The van der Waals surface area contributed by atoms with Crippen molar-refractivity contribution in [1.29, 1.82) is 0 Å². The Morgan fingerprint density at radius 3 is 1.85 bits per heavy atom. The molecule has 1 aromatic heterocycles. The molecule has 0 atom stereocenters. The third-order valence-electron chi connectivity index (χ3n) is 6.81. The van der Waals surface area contributed by atoms with Gasteiger partial charge in [0.2, 0.25) is 0 Å². The summed E-state index contributed by atoms with van der Waals surface area (Å²) in [6.45, 7) is 0. The van der Waals surface area contributed by atoms with Crippen LogP contribution in [0, 0.1) is 0 Å². The predicted octanol–water partition coefficient (Wildman–Crippen LogP) is 8.68. The summed E-state index contributed by atoms with van der Waals surface area (Å²) in [6.07, 6.45) is 0. The molecule has 0 bridgehead atoms. The number of rotatable bonds is 2. The van der Waals surface area contributed by atoms with Crippen LogP contribution in [0.4, 0.5) is 11.4 Å². The normalized spacial score (nSPS) is 12.7. The Morgan fingerprint density at radius 2 is 1.12 bits per heavy atom. The molecule has 3 heteroatoms. The molecule has 5 aromatic carbocycles. The molecule has 0 N–H and O–H groups in total. The molecule has 1 aliphatic rings. The number of para-hydroxylation sites is 3. The number of nitrogens with zero attached hydrogens (tertiary/aromatic N) is 2. The lowest BCUT2D eigenvalue weighted by atomic mass is 10.0. The van der Waals surface area contributed by atoms with Gasteiger partial charge in [-0.15, -0.1) is 0 Å². The van der Waals surface area contributed by atoms with Crippen LogP contribution < -0.4 is 4.90 Å². The molecule has 0 saturated carbocycles. The molecule has 2 heterocycles. The van der Waals surface area contributed by atoms with Crippen LogP contribution in [0.25, 0.3) is 38.6 Å². The molecule has 0 radical (unpaired) electrons. The van der Waals surface area contributed by atoms with Crippen molar-refractivity contribution in [1.82, 2.24) is 4.57 Å². The van der Waals surface area contributed by atoms with Crippen molar-refractivity contribution in [2.24, 2.45) is 0 Å². The molecule has 0 aliphatic carbocycles. The Labute approximate surface area is 203 Å². The van der Waals surface area contributed by atoms with Crippen LogP contribution >= 0.6 is 11.8 Å². The highest BCUT2D eigenvalue weighted by Crippen LogP contribution is 2.48. The molecule has 34 heavy (non-hydrogen) atoms. The summed E-state index contributed by atoms with van der Waals surface area (Å²) in [7, 11) is 2.15. The van der Waals surface area contributed by atoms with E-state index in [1.165, 1.54) is 59.8 Å². The van der Waals surface area contributed by atoms with E-state index in [-0.39, 0.29) is 0 Å². The van der Waals surface area contributed by atoms with E-state index in [0.717, 1.165) is 0 Å². The second kappa shape index (κ2) is 7.54. The Balaban J connectivity index is 1.30. The smallest absolute Gasteiger partial charge is 0.0550 e. The van der Waals surface area contributed by atoms with E-state index in [1.807, 2.05) is 11.8 Å². The number of aromatic nitrogens is 1. The zero-order valence-corrected chi connectivity index (χ0v) is 19.6. The van der Waals surface area contributed by atoms with E-state index in [0.29, 0.717) is 0 Å². The zero-order chi connectivity index (χ0) is 22.6. The van der Waals surface area contributed by atoms with E-state index < -0.39 is 0 Å². The fraction of sp³-hybridized carbons (Fsp3) is 0.0323. The molecule has 0 spiro atoms. The average molecular weight is 455 g/mol. The molecule has 7 rings (SSSR count). The number of hydrogen-bond donors (Lipinski definition) is 0. The minimum atomic E-state index is 1.18. The van der Waals surface area contributed by atoms with Gasteiger partial charge in [-0.05, 0) is 59.7 Å². The van der Waals surface area contributed by atoms with Crippen molar-refractivity contribution in [3.05, 3.63) is 115 Å². The van der Waals surface area contributed by atoms with Gasteiger partial charge < -0.3 is 9.47 Å². The first-order valence-electron chi connectivity index (χ1n) is 11.5. The first kappa shape index (κ1) is 19.5. The summed E-state index contributed by atoms with van der Waals surface area (Å²) >= 11 is 1.85. The summed E-state index contributed by atoms with van der Waals surface area (Å²) in [5, 5.41) is 2.58. The fourth-order valence-corrected chi connectivity index (χ4v) is 6.31. The Hall–Kier alpha value is -3.95. The molecule has 0 amide bonds. The van der Waals surface area contributed by atoms with Gasteiger partial charge in [0.15, 0.2) is 0 Å². The molecule has 162 valence electrons. The third kappa shape index (κ3) is 2.91. The second-order valence-corrected chi connectivity index (χ2v) is 9.81. The summed E-state index contributed by atoms with van der Waals surface area (Å²) < 4.78 is 2.36. The molecule has 0 fully saturated rings. The van der Waals surface area contributed by atoms with Gasteiger partial charge in [-0.3, -0.25) is 0 Å². The van der Waals surface area contributed by atoms with Gasteiger partial charge in [0.1, 0.15) is 0 Å². The van der Waals surface area contributed by atoms with Crippen molar-refractivity contribution in [2.75, 3.05) is 11.9 Å². The first-order valence-corrected chi connectivity index (χ1v) is 12.3. The van der Waals surface area contributed by atoms with Crippen LogP contribution in [0.5, 0.6) is 0 Å². The standard InChI is InChI=1S/C31H22N2S/c1-32-28-12-6-7-13-30(28)34-31-20-22(16-19-29(31)32)21-14-17-23(18-15-21)33-26-10-4-2-8-24(26)25-9-3-5-11-27(25)33/h2-20H,1H3. The lowest BCUT2D eigenvalue weighted by Crippen LogP contribution is -2.14. The Bertz CT molecular complexity index is 1640. The lowest BCUT2D eigenvalue weighted by molar-refractivity contribution is 1.11. The Morgan fingerprint density at radius 1 is 0.529 bits per heavy atom. The predicted molar refractivity (Wildman–Crippen MR) is 145 cm³/mol. The maximum absolute atomic E-state index is 2.36. The van der Waals surface area contributed by atoms with Gasteiger partial charge in [-0.2, -0.15) is 0 Å². The number of benzene rings is 5. The van der Waals surface area contributed by atoms with Crippen molar-refractivity contribution < 1.29 is 0 Å². The summed E-state index contributed by atoms with van der Waals surface area (Å²) in [5.41, 5.74) is 8.66. The van der Waals surface area contributed by atoms with E-state index in [2.05, 4.69) is 132 Å². The number of anilines is 2. The minimum Gasteiger partial charge on any atom is -0.343 e. The fourth-order valence-electron chi connectivity index (χ4n) is 5.12. The van der Waals surface area contributed by atoms with Gasteiger partial charge in [-0.25, -0.2) is 0 Å². The summed E-state index contributed by atoms with van der Waals surface area (Å²) in [6, 6.07) is 41.7. The van der Waals surface area contributed by atoms with Crippen molar-refractivity contribution in [3.8, 4) is 16.8 Å². The number of hydrogen-bond acceptors (Lipinski definition) is 2. The monoisotopic (exact) mass is 454 g/mol. The second-order valence-electron chi connectivity index (χ2n) is 8.73. The minimum absolute atomic E-state index is 1.18. The third-order valence-corrected chi connectivity index (χ3v) is 7.92. The molecule has 1 aliphatic heterocycles. The van der Waals surface area contributed by atoms with Crippen molar-refractivity contribution >= 4 is 44.9 Å². The quantitative estimate of drug-likeness (QED) is 0.259. The van der Waals surface area contributed by atoms with Gasteiger partial charge in [0, 0.05) is 33.3 Å². The maximum atomic E-state index is 2.36. The van der Waals surface area contributed by atoms with E-state index in [4.69, 9.17) is 0 Å². The maximum Gasteiger partial charge on any atom is 0.0550 e. The van der Waals surface area contributed by atoms with Gasteiger partial charge in [-0.1, -0.05) is 78.5 Å². The van der Waals surface area contributed by atoms with E-state index >= 15 is 0 Å². The van der Waals surface area contributed by atoms with E-state index in [1.54, 1.807) is 0 Å². The van der Waals surface area contributed by atoms with Gasteiger partial charge >= 0.3 is 0 Å². The topological polar surface area (TPSA) is 8.17 Å². The van der Waals surface area contributed by atoms with Crippen LogP contribution in [0.3, 0.4) is 0 Å². The molecule has 6 aromatic rings. The van der Waals surface area contributed by atoms with Crippen LogP contribution in [-0.2, 0) is 0 Å². The lowest BCUT2D eigenvalue weighted by Gasteiger charge is -2.29. The van der Waals surface area contributed by atoms with Crippen LogP contribution in [-0.4, -0.2) is 11.6 Å². The molecular weight excluding hydrogens is 432 g/mol. The molecule has 0 saturated heterocycles. The Kier molecular flexibility index (Phi) is 4.33. The SMILES string of the molecule is CN1c2ccccc2Sc2cc(-c3ccc(-n4c5ccccc5c5ccccc54)cc3)ccc21. The molecular formula is C31H22N2S. The van der Waals surface area contributed by atoms with Gasteiger partial charge in [0.25, 0.3) is 0 Å². The zero-order valence-electron chi connectivity index (χ0n) is 18.8. The molecule has 2 nitrogen and oxygen atoms in total. The first-order chi connectivity index (χ1) is 16.8. The van der Waals surface area contributed by atoms with Gasteiger partial charge in [0.05, 0.1) is 22.4 Å². The highest BCUT2D eigenvalue weighted by molar-refractivity contribution is 7.99. The highest BCUT2D eigenvalue weighted by atomic mass is 32.2. The van der Waals surface area contributed by atoms with Crippen molar-refractivity contribution in [3.63, 3.8) is 0 Å². The average Bonchev–Trinajstić information content (AvgIpc) is 3.23. The summed E-state index contributed by atoms with van der Waals surface area (Å²) in [5.74, 6) is 0. The highest BCUT2D eigenvalue weighted by Gasteiger charge is 2.20. The number of fused-ring (bicyclic) bond motifs is 5. The largest absolute Gasteiger partial charge is 0.343 e. The molecule has 0 unspecified atom stereocenters. The summed E-state index contributed by atoms with van der Waals surface area (Å²) in [4.78, 5) is 4.89. The van der Waals surface area contributed by atoms with Crippen LogP contribution in [0.2, 0.25) is 0 Å². The van der Waals surface area contributed by atoms with Crippen LogP contribution in [0.15, 0.2) is 125 Å². The van der Waals surface area contributed by atoms with E-state index in [9.17, 15) is 0 Å². The van der Waals surface area contributed by atoms with Crippen LogP contribution in [0.1, 0.15) is 0 Å². The van der Waals surface area contributed by atoms with Crippen molar-refractivity contribution in [2.45, 2.75) is 9.79 Å².